The van der Waals surface area contributed by atoms with E-state index in [2.05, 4.69) is 26.8 Å². The molecule has 0 fully saturated rings. The molecule has 1 aromatic carbocycles. The van der Waals surface area contributed by atoms with Crippen LogP contribution in [-0.4, -0.2) is 27.3 Å². The van der Waals surface area contributed by atoms with Crippen LogP contribution in [0.1, 0.15) is 22.8 Å². The lowest BCUT2D eigenvalue weighted by Crippen LogP contribution is -2.27. The van der Waals surface area contributed by atoms with Crippen LogP contribution in [0.3, 0.4) is 0 Å². The van der Waals surface area contributed by atoms with E-state index in [0.29, 0.717) is 22.3 Å². The third-order valence-electron chi connectivity index (χ3n) is 4.30. The molecule has 0 bridgehead atoms. The van der Waals surface area contributed by atoms with Gasteiger partial charge in [0.2, 0.25) is 17.8 Å². The van der Waals surface area contributed by atoms with Crippen LogP contribution in [0.25, 0.3) is 16.7 Å². The molecule has 0 aliphatic heterocycles. The molecule has 1 N–H and O–H groups in total. The fourth-order valence-electron chi connectivity index (χ4n) is 2.89. The lowest BCUT2D eigenvalue weighted by atomic mass is 10.1. The Kier molecular flexibility index (Phi) is 9.16. The summed E-state index contributed by atoms with van der Waals surface area (Å²) in [6, 6.07) is 14.1. The average Bonchev–Trinajstić information content (AvgIpc) is 2.80. The topological polar surface area (TPSA) is 85.3 Å². The van der Waals surface area contributed by atoms with Gasteiger partial charge in [-0.05, 0) is 59.3 Å². The second-order valence-corrected chi connectivity index (χ2v) is 7.35. The summed E-state index contributed by atoms with van der Waals surface area (Å²) in [4.78, 5) is 29.0. The highest BCUT2D eigenvalue weighted by Gasteiger charge is 2.17. The normalized spacial score (nSPS) is 9.73. The van der Waals surface area contributed by atoms with Gasteiger partial charge in [-0.3, -0.25) is 10.0 Å². The number of pyridine rings is 3. The smallest absolute Gasteiger partial charge is 0.343 e. The van der Waals surface area contributed by atoms with Crippen LogP contribution < -0.4 is 10.2 Å². The SMILES string of the molecule is C#Cc1cccc(-n2cc(C(=O)OCC)c(=O)c3cccnc32)c1.Cl.O[n+]1cccc(Br)c1. The standard InChI is InChI=1S/C19H14N2O3.C5H5BrNO.ClH/c1-3-13-7-5-8-14(11-13)21-12-16(19(23)24-4-2)17(22)15-9-6-10-20-18(15)21;6-5-2-1-3-7(8)4-5;/h1,5-12H,4H2,2H3;1-4,8H;1H/q;+1;. The minimum Gasteiger partial charge on any atom is -0.462 e. The predicted molar refractivity (Wildman–Crippen MR) is 130 cm³/mol. The maximum absolute atomic E-state index is 12.6. The monoisotopic (exact) mass is 528 g/mol. The highest BCUT2D eigenvalue weighted by molar-refractivity contribution is 9.10. The molecule has 0 spiro atoms. The Bertz CT molecular complexity index is 1360. The van der Waals surface area contributed by atoms with E-state index in [1.807, 2.05) is 12.1 Å². The second kappa shape index (κ2) is 11.8. The molecular formula is C24H20BrClN3O4+. The number of terminal acetylenes is 1. The fourth-order valence-corrected chi connectivity index (χ4v) is 3.25. The van der Waals surface area contributed by atoms with Crippen molar-refractivity contribution in [3.05, 3.63) is 99.1 Å². The van der Waals surface area contributed by atoms with Gasteiger partial charge in [-0.2, -0.15) is 0 Å². The molecule has 9 heteroatoms. The second-order valence-electron chi connectivity index (χ2n) is 6.43. The van der Waals surface area contributed by atoms with Crippen LogP contribution in [0.2, 0.25) is 0 Å². The van der Waals surface area contributed by atoms with Crippen LogP contribution in [0.5, 0.6) is 0 Å². The number of halogens is 2. The molecule has 0 amide bonds. The summed E-state index contributed by atoms with van der Waals surface area (Å²) in [5, 5.41) is 9.04. The molecule has 3 aromatic heterocycles. The minimum absolute atomic E-state index is 0. The highest BCUT2D eigenvalue weighted by atomic mass is 79.9. The molecular weight excluding hydrogens is 510 g/mol. The summed E-state index contributed by atoms with van der Waals surface area (Å²) in [5.41, 5.74) is 1.40. The largest absolute Gasteiger partial charge is 0.462 e. The van der Waals surface area contributed by atoms with E-state index in [9.17, 15) is 9.59 Å². The number of hydrogen-bond acceptors (Lipinski definition) is 5. The molecule has 0 aliphatic rings. The van der Waals surface area contributed by atoms with Gasteiger partial charge in [-0.15, -0.1) is 18.8 Å². The number of rotatable bonds is 3. The van der Waals surface area contributed by atoms with Crippen molar-refractivity contribution in [1.82, 2.24) is 9.55 Å². The number of nitrogens with zero attached hydrogens (tertiary/aromatic N) is 3. The zero-order valence-corrected chi connectivity index (χ0v) is 19.9. The van der Waals surface area contributed by atoms with Gasteiger partial charge >= 0.3 is 5.97 Å². The number of hydrogen-bond donors (Lipinski definition) is 1. The molecule has 0 saturated heterocycles. The summed E-state index contributed by atoms with van der Waals surface area (Å²) in [6.45, 7) is 1.88. The fraction of sp³-hybridized carbons (Fsp3) is 0.0833. The third-order valence-corrected chi connectivity index (χ3v) is 4.77. The summed E-state index contributed by atoms with van der Waals surface area (Å²) < 4.78 is 8.51. The Morgan fingerprint density at radius 2 is 2.06 bits per heavy atom. The molecule has 0 aliphatic carbocycles. The third kappa shape index (κ3) is 6.19. The number of benzene rings is 1. The lowest BCUT2D eigenvalue weighted by Gasteiger charge is -2.12. The number of fused-ring (bicyclic) bond motifs is 1. The Hall–Kier alpha value is -3.67. The first kappa shape index (κ1) is 25.6. The van der Waals surface area contributed by atoms with Gasteiger partial charge in [0.15, 0.2) is 0 Å². The van der Waals surface area contributed by atoms with Crippen molar-refractivity contribution in [2.24, 2.45) is 0 Å². The van der Waals surface area contributed by atoms with E-state index in [1.165, 1.54) is 6.20 Å². The predicted octanol–water partition coefficient (Wildman–Crippen LogP) is 3.94. The van der Waals surface area contributed by atoms with E-state index in [-0.39, 0.29) is 24.6 Å². The summed E-state index contributed by atoms with van der Waals surface area (Å²) >= 11 is 3.18. The van der Waals surface area contributed by atoms with Crippen molar-refractivity contribution in [2.75, 3.05) is 6.61 Å². The summed E-state index contributed by atoms with van der Waals surface area (Å²) in [5.74, 6) is 1.91. The number of ether oxygens (including phenoxy) is 1. The number of esters is 1. The van der Waals surface area contributed by atoms with Crippen LogP contribution in [-0.2, 0) is 4.74 Å². The van der Waals surface area contributed by atoms with Crippen LogP contribution in [0.4, 0.5) is 0 Å². The molecule has 168 valence electrons. The first-order valence-corrected chi connectivity index (χ1v) is 10.3. The number of carbonyl (C=O) groups is 1. The molecule has 0 radical (unpaired) electrons. The van der Waals surface area contributed by atoms with Crippen LogP contribution >= 0.6 is 28.3 Å². The van der Waals surface area contributed by atoms with E-state index < -0.39 is 11.4 Å². The molecule has 4 rings (SSSR count). The van der Waals surface area contributed by atoms with E-state index in [4.69, 9.17) is 16.4 Å². The quantitative estimate of drug-likeness (QED) is 0.188. The van der Waals surface area contributed by atoms with Gasteiger partial charge < -0.3 is 9.30 Å². The van der Waals surface area contributed by atoms with Gasteiger partial charge in [-0.25, -0.2) is 9.78 Å². The molecule has 3 heterocycles. The zero-order chi connectivity index (χ0) is 23.1. The first-order chi connectivity index (χ1) is 15.4. The minimum atomic E-state index is -0.657. The van der Waals surface area contributed by atoms with E-state index in [0.717, 1.165) is 9.20 Å². The van der Waals surface area contributed by atoms with Crippen LogP contribution in [0, 0.1) is 12.3 Å². The van der Waals surface area contributed by atoms with Crippen molar-refractivity contribution in [2.45, 2.75) is 6.92 Å². The maximum atomic E-state index is 12.6. The number of aromatic nitrogens is 3. The molecule has 0 unspecified atom stereocenters. The van der Waals surface area contributed by atoms with Gasteiger partial charge in [0.1, 0.15) is 11.2 Å². The Morgan fingerprint density at radius 1 is 1.27 bits per heavy atom. The van der Waals surface area contributed by atoms with E-state index >= 15 is 0 Å². The van der Waals surface area contributed by atoms with Crippen molar-refractivity contribution in [1.29, 1.82) is 0 Å². The van der Waals surface area contributed by atoms with Gasteiger partial charge in [-0.1, -0.05) is 12.0 Å². The Balaban J connectivity index is 0.000000364. The van der Waals surface area contributed by atoms with Crippen molar-refractivity contribution in [3.8, 4) is 18.0 Å². The highest BCUT2D eigenvalue weighted by Crippen LogP contribution is 2.17. The maximum Gasteiger partial charge on any atom is 0.343 e. The van der Waals surface area contributed by atoms with Crippen LogP contribution in [0.15, 0.2) is 82.6 Å². The van der Waals surface area contributed by atoms with E-state index in [1.54, 1.807) is 66.5 Å². The first-order valence-electron chi connectivity index (χ1n) is 9.55. The molecule has 33 heavy (non-hydrogen) atoms. The molecule has 4 aromatic rings. The summed E-state index contributed by atoms with van der Waals surface area (Å²) in [7, 11) is 0. The molecule has 0 saturated carbocycles. The van der Waals surface area contributed by atoms with Crippen molar-refractivity contribution in [3.63, 3.8) is 0 Å². The molecule has 0 atom stereocenters. The zero-order valence-electron chi connectivity index (χ0n) is 17.5. The molecule has 7 nitrogen and oxygen atoms in total. The van der Waals surface area contributed by atoms with Gasteiger partial charge in [0.05, 0.1) is 16.5 Å². The average molecular weight is 530 g/mol. The number of carbonyl (C=O) groups excluding carboxylic acids is 1. The Labute approximate surface area is 204 Å². The van der Waals surface area contributed by atoms with Gasteiger partial charge in [0.25, 0.3) is 0 Å². The summed E-state index contributed by atoms with van der Waals surface area (Å²) in [6.07, 6.45) is 11.6. The van der Waals surface area contributed by atoms with Crippen molar-refractivity contribution < 1.29 is 19.5 Å². The van der Waals surface area contributed by atoms with Crippen molar-refractivity contribution >= 4 is 45.3 Å². The Morgan fingerprint density at radius 3 is 2.70 bits per heavy atom. The van der Waals surface area contributed by atoms with Gasteiger partial charge in [0, 0.05) is 34.4 Å². The lowest BCUT2D eigenvalue weighted by molar-refractivity contribution is -0.905.